The zero-order chi connectivity index (χ0) is 31.2. The quantitative estimate of drug-likeness (QED) is 0.166. The highest BCUT2D eigenvalue weighted by Crippen LogP contribution is 2.28. The van der Waals surface area contributed by atoms with Gasteiger partial charge in [-0.3, -0.25) is 4.98 Å². The maximum atomic E-state index is 13.9. The summed E-state index contributed by atoms with van der Waals surface area (Å²) >= 11 is 7.34. The van der Waals surface area contributed by atoms with Crippen LogP contribution >= 0.6 is 31.9 Å². The van der Waals surface area contributed by atoms with Crippen molar-refractivity contribution in [1.29, 1.82) is 0 Å². The molecule has 0 spiro atoms. The molecule has 0 aliphatic carbocycles. The van der Waals surface area contributed by atoms with Crippen LogP contribution in [0.2, 0.25) is 0 Å². The zero-order valence-electron chi connectivity index (χ0n) is 24.2. The molecule has 5 heterocycles. The monoisotopic (exact) mass is 731 g/mol. The number of fused-ring (bicyclic) bond motifs is 2. The van der Waals surface area contributed by atoms with Crippen LogP contribution < -0.4 is 9.24 Å². The summed E-state index contributed by atoms with van der Waals surface area (Å²) in [6.45, 7) is 0. The molecule has 222 valence electrons. The molecule has 0 atom stereocenters. The molecule has 7 nitrogen and oxygen atoms in total. The van der Waals surface area contributed by atoms with Gasteiger partial charge in [-0.25, -0.2) is 14.4 Å². The van der Waals surface area contributed by atoms with Gasteiger partial charge in [0.2, 0.25) is 11.9 Å². The molecule has 0 aliphatic rings. The van der Waals surface area contributed by atoms with Gasteiger partial charge in [0.25, 0.3) is 5.52 Å². The molecule has 46 heavy (non-hydrogen) atoms. The van der Waals surface area contributed by atoms with Gasteiger partial charge in [-0.05, 0) is 60.2 Å². The van der Waals surface area contributed by atoms with Crippen molar-refractivity contribution in [2.45, 2.75) is 6.42 Å². The van der Waals surface area contributed by atoms with Crippen molar-refractivity contribution in [3.05, 3.63) is 161 Å². The Hall–Kier alpha value is -5.06. The van der Waals surface area contributed by atoms with Crippen LogP contribution in [0.1, 0.15) is 11.3 Å². The topological polar surface area (TPSA) is 56.3 Å². The van der Waals surface area contributed by atoms with Gasteiger partial charge in [0.05, 0.1) is 35.0 Å². The molecule has 0 aliphatic heterocycles. The molecular formula is C36H24Br2FN7+2. The fourth-order valence-electron chi connectivity index (χ4n) is 5.85. The Labute approximate surface area is 280 Å². The highest BCUT2D eigenvalue weighted by Gasteiger charge is 2.28. The van der Waals surface area contributed by atoms with E-state index in [-0.39, 0.29) is 5.82 Å². The van der Waals surface area contributed by atoms with Crippen molar-refractivity contribution in [2.24, 2.45) is 0 Å². The molecule has 0 amide bonds. The highest BCUT2D eigenvalue weighted by molar-refractivity contribution is 9.10. The van der Waals surface area contributed by atoms with Gasteiger partial charge in [-0.1, -0.05) is 44.0 Å². The van der Waals surface area contributed by atoms with Crippen LogP contribution in [-0.2, 0) is 6.42 Å². The molecule has 0 unspecified atom stereocenters. The van der Waals surface area contributed by atoms with E-state index < -0.39 is 0 Å². The smallest absolute Gasteiger partial charge is 0.305 e. The van der Waals surface area contributed by atoms with Crippen LogP contribution in [-0.4, -0.2) is 24.2 Å². The summed E-state index contributed by atoms with van der Waals surface area (Å²) in [5.41, 5.74) is 7.69. The third-order valence-corrected chi connectivity index (χ3v) is 8.96. The van der Waals surface area contributed by atoms with E-state index >= 15 is 0 Å². The Morgan fingerprint density at radius 1 is 0.761 bits per heavy atom. The van der Waals surface area contributed by atoms with Gasteiger partial charge in [0, 0.05) is 72.2 Å². The third-order valence-electron chi connectivity index (χ3n) is 7.98. The van der Waals surface area contributed by atoms with Crippen LogP contribution in [0.15, 0.2) is 144 Å². The van der Waals surface area contributed by atoms with E-state index in [0.717, 1.165) is 64.6 Å². The lowest BCUT2D eigenvalue weighted by molar-refractivity contribution is -0.722. The minimum atomic E-state index is -0.257. The van der Waals surface area contributed by atoms with Crippen molar-refractivity contribution in [2.75, 3.05) is 0 Å². The van der Waals surface area contributed by atoms with Crippen molar-refractivity contribution in [3.63, 3.8) is 0 Å². The lowest BCUT2D eigenvalue weighted by atomic mass is 10.1. The molecule has 0 saturated heterocycles. The number of rotatable bonds is 6. The summed E-state index contributed by atoms with van der Waals surface area (Å²) in [6.07, 6.45) is 15.8. The van der Waals surface area contributed by atoms with Gasteiger partial charge >= 0.3 is 6.33 Å². The van der Waals surface area contributed by atoms with Gasteiger partial charge < -0.3 is 4.57 Å². The van der Waals surface area contributed by atoms with Gasteiger partial charge in [-0.2, -0.15) is 4.57 Å². The predicted molar refractivity (Wildman–Crippen MR) is 181 cm³/mol. The van der Waals surface area contributed by atoms with Crippen molar-refractivity contribution in [3.8, 4) is 22.6 Å². The molecule has 0 radical (unpaired) electrons. The standard InChI is InChI=1S/C36H24Br2FN7/c37-26-3-7-30-33(18-26)42-32(25-9-11-40-12-10-25)21-35(30)44-15-16-45(23-44)46-29(17-24-1-5-28(39)6-2-24)20-34(43-14-13-41-22-43)31-8-4-27(38)19-36(31)46/h1-16,18-23H,17H2/q+2. The normalized spacial score (nSPS) is 11.5. The zero-order valence-corrected chi connectivity index (χ0v) is 27.3. The summed E-state index contributed by atoms with van der Waals surface area (Å²) in [5, 5.41) is 2.06. The van der Waals surface area contributed by atoms with E-state index in [1.165, 1.54) is 12.1 Å². The Kier molecular flexibility index (Phi) is 7.23. The Bertz CT molecular complexity index is 2370. The van der Waals surface area contributed by atoms with E-state index in [0.29, 0.717) is 6.42 Å². The first-order valence-corrected chi connectivity index (χ1v) is 16.1. The first kappa shape index (κ1) is 28.4. The summed E-state index contributed by atoms with van der Waals surface area (Å²) in [4.78, 5) is 13.5. The van der Waals surface area contributed by atoms with Crippen LogP contribution in [0.4, 0.5) is 4.39 Å². The van der Waals surface area contributed by atoms with E-state index in [4.69, 9.17) is 4.98 Å². The minimum absolute atomic E-state index is 0.257. The largest absolute Gasteiger partial charge is 0.312 e. The maximum Gasteiger partial charge on any atom is 0.312 e. The summed E-state index contributed by atoms with van der Waals surface area (Å²) < 4.78 is 24.2. The third kappa shape index (κ3) is 5.29. The predicted octanol–water partition coefficient (Wildman–Crippen LogP) is 7.57. The second-order valence-electron chi connectivity index (χ2n) is 10.9. The van der Waals surface area contributed by atoms with Crippen LogP contribution in [0, 0.1) is 5.82 Å². The Morgan fingerprint density at radius 3 is 2.33 bits per heavy atom. The molecule has 3 aromatic carbocycles. The number of pyridine rings is 3. The average molecular weight is 733 g/mol. The molecule has 0 saturated carbocycles. The number of halogens is 3. The number of hydrogen-bond donors (Lipinski definition) is 0. The minimum Gasteiger partial charge on any atom is -0.305 e. The second kappa shape index (κ2) is 11.7. The number of benzene rings is 3. The van der Waals surface area contributed by atoms with E-state index in [1.54, 1.807) is 24.9 Å². The number of hydrogen-bond acceptors (Lipinski definition) is 3. The molecule has 0 bridgehead atoms. The first-order chi connectivity index (χ1) is 22.5. The second-order valence-corrected chi connectivity index (χ2v) is 12.7. The number of nitrogens with zero attached hydrogens (tertiary/aromatic N) is 7. The Morgan fingerprint density at radius 2 is 1.54 bits per heavy atom. The average Bonchev–Trinajstić information content (AvgIpc) is 3.78. The SMILES string of the molecule is Fc1ccc(Cc2cc(-n3ccnc3)c3ccc(Br)cc3[n+]2-n2cc[n+](-c3cc(-c4ccncc4)nc4cc(Br)ccc34)c2)cc1. The highest BCUT2D eigenvalue weighted by atomic mass is 79.9. The van der Waals surface area contributed by atoms with Crippen molar-refractivity contribution < 1.29 is 13.6 Å². The fourth-order valence-corrected chi connectivity index (χ4v) is 6.54. The summed E-state index contributed by atoms with van der Waals surface area (Å²) in [6, 6.07) is 27.3. The van der Waals surface area contributed by atoms with E-state index in [9.17, 15) is 4.39 Å². The van der Waals surface area contributed by atoms with E-state index in [1.807, 2.05) is 59.4 Å². The maximum absolute atomic E-state index is 13.9. The number of imidazole rings is 2. The Balaban J connectivity index is 1.35. The van der Waals surface area contributed by atoms with Gasteiger partial charge in [-0.15, -0.1) is 0 Å². The molecule has 10 heteroatoms. The summed E-state index contributed by atoms with van der Waals surface area (Å²) in [7, 11) is 0. The fraction of sp³-hybridized carbons (Fsp3) is 0.0278. The molecule has 8 aromatic rings. The van der Waals surface area contributed by atoms with Gasteiger partial charge in [0.1, 0.15) is 17.7 Å². The molecule has 0 N–H and O–H groups in total. The lowest BCUT2D eigenvalue weighted by Crippen LogP contribution is -2.47. The van der Waals surface area contributed by atoms with Crippen molar-refractivity contribution >= 4 is 53.7 Å². The summed E-state index contributed by atoms with van der Waals surface area (Å²) in [5.74, 6) is -0.257. The van der Waals surface area contributed by atoms with Crippen LogP contribution in [0.3, 0.4) is 0 Å². The first-order valence-electron chi connectivity index (χ1n) is 14.5. The lowest BCUT2D eigenvalue weighted by Gasteiger charge is -2.10. The van der Waals surface area contributed by atoms with Crippen molar-refractivity contribution in [1.82, 2.24) is 24.2 Å². The van der Waals surface area contributed by atoms with Gasteiger partial charge in [0.15, 0.2) is 0 Å². The number of aromatic nitrogens is 7. The van der Waals surface area contributed by atoms with E-state index in [2.05, 4.69) is 98.6 Å². The molecule has 0 fully saturated rings. The molecular weight excluding hydrogens is 709 g/mol. The van der Waals surface area contributed by atoms with Crippen LogP contribution in [0.5, 0.6) is 0 Å². The molecule has 8 rings (SSSR count). The van der Waals surface area contributed by atoms with Crippen LogP contribution in [0.25, 0.3) is 44.4 Å². The molecule has 5 aromatic heterocycles.